The molecule has 33 heavy (non-hydrogen) atoms. The zero-order valence-corrected chi connectivity index (χ0v) is 19.5. The van der Waals surface area contributed by atoms with Gasteiger partial charge in [0.25, 0.3) is 0 Å². The standard InChI is InChI=1S/C26H33N3O4/c1-32-23-9-6-18(14-24(23)33-2)15-25(30)27-21-10-12-29(13-11-21)17-26(31)28-22-8-7-19-4-3-5-20(19)16-22/h6-9,14,16,21H,3-5,10-13,15,17H2,1-2H3,(H,27,30)(H,28,31). The molecule has 0 aromatic heterocycles. The summed E-state index contributed by atoms with van der Waals surface area (Å²) in [6.45, 7) is 1.96. The van der Waals surface area contributed by atoms with Crippen LogP contribution in [-0.2, 0) is 28.9 Å². The van der Waals surface area contributed by atoms with Crippen molar-refractivity contribution in [1.29, 1.82) is 0 Å². The Balaban J connectivity index is 1.19. The van der Waals surface area contributed by atoms with Gasteiger partial charge in [0, 0.05) is 24.8 Å². The molecule has 2 aliphatic rings. The molecule has 2 amide bonds. The Kier molecular flexibility index (Phi) is 7.50. The minimum atomic E-state index is -0.00461. The van der Waals surface area contributed by atoms with Crippen molar-refractivity contribution in [2.45, 2.75) is 44.6 Å². The number of piperidine rings is 1. The van der Waals surface area contributed by atoms with E-state index in [0.29, 0.717) is 24.5 Å². The van der Waals surface area contributed by atoms with Gasteiger partial charge in [-0.3, -0.25) is 14.5 Å². The molecule has 0 radical (unpaired) electrons. The number of nitrogens with one attached hydrogen (secondary N) is 2. The van der Waals surface area contributed by atoms with Crippen molar-refractivity contribution in [3.63, 3.8) is 0 Å². The zero-order chi connectivity index (χ0) is 23.2. The smallest absolute Gasteiger partial charge is 0.238 e. The number of nitrogens with zero attached hydrogens (tertiary/aromatic N) is 1. The molecular formula is C26H33N3O4. The summed E-state index contributed by atoms with van der Waals surface area (Å²) >= 11 is 0. The molecule has 2 N–H and O–H groups in total. The van der Waals surface area contributed by atoms with Gasteiger partial charge in [-0.05, 0) is 73.1 Å². The van der Waals surface area contributed by atoms with Crippen LogP contribution in [0, 0.1) is 0 Å². The van der Waals surface area contributed by atoms with Crippen LogP contribution in [0.25, 0.3) is 0 Å². The van der Waals surface area contributed by atoms with Crippen LogP contribution in [-0.4, -0.2) is 56.6 Å². The number of likely N-dealkylation sites (tertiary alicyclic amines) is 1. The SMILES string of the molecule is COc1ccc(CC(=O)NC2CCN(CC(=O)Nc3ccc4c(c3)CCC4)CC2)cc1OC. The second-order valence-corrected chi connectivity index (χ2v) is 8.87. The molecule has 1 aliphatic heterocycles. The van der Waals surface area contributed by atoms with E-state index in [4.69, 9.17) is 9.47 Å². The molecule has 4 rings (SSSR count). The molecule has 0 spiro atoms. The van der Waals surface area contributed by atoms with Crippen molar-refractivity contribution in [1.82, 2.24) is 10.2 Å². The summed E-state index contributed by atoms with van der Waals surface area (Å²) in [5.41, 5.74) is 4.53. The molecule has 7 nitrogen and oxygen atoms in total. The van der Waals surface area contributed by atoms with E-state index in [9.17, 15) is 9.59 Å². The molecule has 1 fully saturated rings. The lowest BCUT2D eigenvalue weighted by atomic mass is 10.0. The fourth-order valence-corrected chi connectivity index (χ4v) is 4.74. The van der Waals surface area contributed by atoms with Crippen molar-refractivity contribution >= 4 is 17.5 Å². The van der Waals surface area contributed by atoms with Crippen molar-refractivity contribution in [3.05, 3.63) is 53.1 Å². The number of aryl methyl sites for hydroxylation is 2. The molecule has 1 aliphatic carbocycles. The van der Waals surface area contributed by atoms with Gasteiger partial charge in [0.1, 0.15) is 0 Å². The Morgan fingerprint density at radius 2 is 1.70 bits per heavy atom. The zero-order valence-electron chi connectivity index (χ0n) is 19.5. The van der Waals surface area contributed by atoms with Gasteiger partial charge in [0.2, 0.25) is 11.8 Å². The maximum Gasteiger partial charge on any atom is 0.238 e. The summed E-state index contributed by atoms with van der Waals surface area (Å²) in [5, 5.41) is 6.17. The average Bonchev–Trinajstić information content (AvgIpc) is 3.28. The maximum absolute atomic E-state index is 12.5. The van der Waals surface area contributed by atoms with Crippen LogP contribution in [0.15, 0.2) is 36.4 Å². The molecular weight excluding hydrogens is 418 g/mol. The number of ether oxygens (including phenoxy) is 2. The fraction of sp³-hybridized carbons (Fsp3) is 0.462. The van der Waals surface area contributed by atoms with E-state index in [1.165, 1.54) is 17.5 Å². The van der Waals surface area contributed by atoms with E-state index in [2.05, 4.69) is 27.7 Å². The Hall–Kier alpha value is -3.06. The third kappa shape index (κ3) is 6.05. The molecule has 7 heteroatoms. The Labute approximate surface area is 195 Å². The van der Waals surface area contributed by atoms with E-state index in [-0.39, 0.29) is 17.9 Å². The number of methoxy groups -OCH3 is 2. The number of rotatable bonds is 8. The molecule has 2 aromatic carbocycles. The third-order valence-corrected chi connectivity index (χ3v) is 6.51. The normalized spacial score (nSPS) is 16.2. The molecule has 1 heterocycles. The van der Waals surface area contributed by atoms with E-state index < -0.39 is 0 Å². The first-order chi connectivity index (χ1) is 16.0. The quantitative estimate of drug-likeness (QED) is 0.645. The van der Waals surface area contributed by atoms with Gasteiger partial charge < -0.3 is 20.1 Å². The second-order valence-electron chi connectivity index (χ2n) is 8.87. The number of anilines is 1. The van der Waals surface area contributed by atoms with Gasteiger partial charge in [0.15, 0.2) is 11.5 Å². The Morgan fingerprint density at radius 1 is 0.939 bits per heavy atom. The third-order valence-electron chi connectivity index (χ3n) is 6.51. The highest BCUT2D eigenvalue weighted by atomic mass is 16.5. The maximum atomic E-state index is 12.5. The van der Waals surface area contributed by atoms with Crippen LogP contribution in [0.4, 0.5) is 5.69 Å². The molecule has 0 bridgehead atoms. The highest BCUT2D eigenvalue weighted by Gasteiger charge is 2.22. The van der Waals surface area contributed by atoms with Crippen molar-refractivity contribution < 1.29 is 19.1 Å². The minimum absolute atomic E-state index is 0.00461. The monoisotopic (exact) mass is 451 g/mol. The number of fused-ring (bicyclic) bond motifs is 1. The molecule has 0 unspecified atom stereocenters. The first-order valence-corrected chi connectivity index (χ1v) is 11.7. The van der Waals surface area contributed by atoms with E-state index in [1.54, 1.807) is 14.2 Å². The topological polar surface area (TPSA) is 79.9 Å². The lowest BCUT2D eigenvalue weighted by Crippen LogP contribution is -2.46. The van der Waals surface area contributed by atoms with Crippen LogP contribution in [0.5, 0.6) is 11.5 Å². The van der Waals surface area contributed by atoms with Gasteiger partial charge in [-0.15, -0.1) is 0 Å². The van der Waals surface area contributed by atoms with Gasteiger partial charge in [-0.25, -0.2) is 0 Å². The summed E-state index contributed by atoms with van der Waals surface area (Å²) in [6.07, 6.45) is 5.41. The molecule has 1 saturated heterocycles. The Bertz CT molecular complexity index is 999. The van der Waals surface area contributed by atoms with Gasteiger partial charge in [-0.2, -0.15) is 0 Å². The Morgan fingerprint density at radius 3 is 2.45 bits per heavy atom. The van der Waals surface area contributed by atoms with Crippen LogP contribution in [0.1, 0.15) is 36.0 Å². The molecule has 176 valence electrons. The van der Waals surface area contributed by atoms with Crippen LogP contribution in [0.2, 0.25) is 0 Å². The summed E-state index contributed by atoms with van der Waals surface area (Å²) in [4.78, 5) is 27.2. The van der Waals surface area contributed by atoms with Gasteiger partial charge in [0.05, 0.1) is 27.2 Å². The number of hydrogen-bond donors (Lipinski definition) is 2. The van der Waals surface area contributed by atoms with Crippen LogP contribution < -0.4 is 20.1 Å². The van der Waals surface area contributed by atoms with Crippen LogP contribution >= 0.6 is 0 Å². The number of benzene rings is 2. The van der Waals surface area contributed by atoms with Crippen LogP contribution in [0.3, 0.4) is 0 Å². The first kappa shape index (κ1) is 23.1. The first-order valence-electron chi connectivity index (χ1n) is 11.7. The second kappa shape index (κ2) is 10.7. The highest BCUT2D eigenvalue weighted by molar-refractivity contribution is 5.92. The average molecular weight is 452 g/mol. The van der Waals surface area contributed by atoms with E-state index in [1.807, 2.05) is 24.3 Å². The molecule has 0 atom stereocenters. The number of amides is 2. The fourth-order valence-electron chi connectivity index (χ4n) is 4.74. The lowest BCUT2D eigenvalue weighted by molar-refractivity contribution is -0.122. The summed E-state index contributed by atoms with van der Waals surface area (Å²) in [5.74, 6) is 1.28. The van der Waals surface area contributed by atoms with Gasteiger partial charge in [-0.1, -0.05) is 12.1 Å². The lowest BCUT2D eigenvalue weighted by Gasteiger charge is -2.31. The predicted octanol–water partition coefficient (Wildman–Crippen LogP) is 2.95. The van der Waals surface area contributed by atoms with Gasteiger partial charge >= 0.3 is 0 Å². The number of carbonyl (C=O) groups is 2. The van der Waals surface area contributed by atoms with Crippen molar-refractivity contribution in [2.24, 2.45) is 0 Å². The number of carbonyl (C=O) groups excluding carboxylic acids is 2. The molecule has 0 saturated carbocycles. The summed E-state index contributed by atoms with van der Waals surface area (Å²) < 4.78 is 10.6. The predicted molar refractivity (Wildman–Crippen MR) is 128 cm³/mol. The summed E-state index contributed by atoms with van der Waals surface area (Å²) in [6, 6.07) is 11.9. The number of hydrogen-bond acceptors (Lipinski definition) is 5. The van der Waals surface area contributed by atoms with Crippen molar-refractivity contribution in [2.75, 3.05) is 39.2 Å². The minimum Gasteiger partial charge on any atom is -0.493 e. The van der Waals surface area contributed by atoms with Crippen molar-refractivity contribution in [3.8, 4) is 11.5 Å². The highest BCUT2D eigenvalue weighted by Crippen LogP contribution is 2.28. The van der Waals surface area contributed by atoms with E-state index in [0.717, 1.165) is 50.0 Å². The summed E-state index contributed by atoms with van der Waals surface area (Å²) in [7, 11) is 3.18. The largest absolute Gasteiger partial charge is 0.493 e. The molecule has 2 aromatic rings. The van der Waals surface area contributed by atoms with E-state index >= 15 is 0 Å².